The van der Waals surface area contributed by atoms with Gasteiger partial charge in [0.25, 0.3) is 0 Å². The van der Waals surface area contributed by atoms with Gasteiger partial charge in [0.2, 0.25) is 0 Å². The maximum absolute atomic E-state index is 4.76. The van der Waals surface area contributed by atoms with Gasteiger partial charge in [-0.2, -0.15) is 0 Å². The van der Waals surface area contributed by atoms with Crippen LogP contribution in [-0.4, -0.2) is 14.5 Å². The summed E-state index contributed by atoms with van der Waals surface area (Å²) >= 11 is 0. The van der Waals surface area contributed by atoms with Gasteiger partial charge < -0.3 is 4.57 Å². The van der Waals surface area contributed by atoms with Crippen LogP contribution in [0.2, 0.25) is 0 Å². The van der Waals surface area contributed by atoms with Crippen LogP contribution in [0.5, 0.6) is 0 Å². The molecule has 0 saturated carbocycles. The smallest absolute Gasteiger partial charge is 0.0971 e. The van der Waals surface area contributed by atoms with Crippen LogP contribution in [0.3, 0.4) is 0 Å². The van der Waals surface area contributed by atoms with Gasteiger partial charge >= 0.3 is 0 Å². The van der Waals surface area contributed by atoms with Crippen molar-refractivity contribution >= 4 is 54.4 Å². The Morgan fingerprint density at radius 2 is 0.860 bits per heavy atom. The molecule has 0 spiro atoms. The average molecular weight is 548 g/mol. The molecule has 0 radical (unpaired) electrons. The van der Waals surface area contributed by atoms with Crippen molar-refractivity contribution in [3.63, 3.8) is 0 Å². The van der Waals surface area contributed by atoms with E-state index in [1.54, 1.807) is 12.4 Å². The molecule has 3 heteroatoms. The summed E-state index contributed by atoms with van der Waals surface area (Å²) in [4.78, 5) is 9.47. The van der Waals surface area contributed by atoms with Crippen LogP contribution in [0.15, 0.2) is 152 Å². The Balaban J connectivity index is 1.14. The summed E-state index contributed by atoms with van der Waals surface area (Å²) in [5.41, 5.74) is 10.2. The van der Waals surface area contributed by atoms with E-state index in [-0.39, 0.29) is 0 Å². The zero-order valence-corrected chi connectivity index (χ0v) is 23.3. The van der Waals surface area contributed by atoms with Crippen LogP contribution in [-0.2, 0) is 0 Å². The number of nitrogens with zero attached hydrogens (tertiary/aromatic N) is 3. The van der Waals surface area contributed by atoms with E-state index in [1.165, 1.54) is 54.8 Å². The van der Waals surface area contributed by atoms with E-state index in [2.05, 4.69) is 144 Å². The highest BCUT2D eigenvalue weighted by atomic mass is 15.0. The van der Waals surface area contributed by atoms with E-state index in [1.807, 2.05) is 0 Å². The molecule has 0 atom stereocenters. The summed E-state index contributed by atoms with van der Waals surface area (Å²) < 4.78 is 2.36. The highest BCUT2D eigenvalue weighted by Gasteiger charge is 2.13. The molecular formula is C40H25N3. The second kappa shape index (κ2) is 9.37. The van der Waals surface area contributed by atoms with Crippen LogP contribution in [0, 0.1) is 0 Å². The lowest BCUT2D eigenvalue weighted by atomic mass is 9.94. The van der Waals surface area contributed by atoms with Crippen molar-refractivity contribution in [2.75, 3.05) is 0 Å². The minimum Gasteiger partial charge on any atom is -0.309 e. The molecule has 0 fully saturated rings. The van der Waals surface area contributed by atoms with Crippen LogP contribution in [0.25, 0.3) is 82.3 Å². The summed E-state index contributed by atoms with van der Waals surface area (Å²) in [5.74, 6) is 0. The fourth-order valence-corrected chi connectivity index (χ4v) is 6.69. The van der Waals surface area contributed by atoms with Gasteiger partial charge in [0.1, 0.15) is 0 Å². The highest BCUT2D eigenvalue weighted by molar-refractivity contribution is 6.23. The summed E-state index contributed by atoms with van der Waals surface area (Å²) in [7, 11) is 0. The molecule has 2 aromatic heterocycles. The molecule has 0 unspecified atom stereocenters. The second-order valence-corrected chi connectivity index (χ2v) is 11.1. The molecule has 200 valence electrons. The number of benzene rings is 7. The predicted molar refractivity (Wildman–Crippen MR) is 180 cm³/mol. The van der Waals surface area contributed by atoms with Crippen molar-refractivity contribution in [1.82, 2.24) is 14.5 Å². The van der Waals surface area contributed by atoms with Gasteiger partial charge in [0.05, 0.1) is 22.1 Å². The molecule has 9 aromatic rings. The Kier molecular flexibility index (Phi) is 5.20. The van der Waals surface area contributed by atoms with Crippen LogP contribution >= 0.6 is 0 Å². The molecule has 0 bridgehead atoms. The molecular weight excluding hydrogens is 522 g/mol. The Morgan fingerprint density at radius 3 is 1.56 bits per heavy atom. The summed E-state index contributed by atoms with van der Waals surface area (Å²) in [5, 5.41) is 7.21. The fourth-order valence-electron chi connectivity index (χ4n) is 6.69. The molecule has 0 N–H and O–H groups in total. The van der Waals surface area contributed by atoms with E-state index < -0.39 is 0 Å². The van der Waals surface area contributed by atoms with E-state index >= 15 is 0 Å². The van der Waals surface area contributed by atoms with Gasteiger partial charge in [-0.1, -0.05) is 103 Å². The Bertz CT molecular complexity index is 2420. The first-order valence-corrected chi connectivity index (χ1v) is 14.6. The lowest BCUT2D eigenvalue weighted by Crippen LogP contribution is -1.93. The van der Waals surface area contributed by atoms with Crippen molar-refractivity contribution < 1.29 is 0 Å². The third-order valence-electron chi connectivity index (χ3n) is 8.68. The fraction of sp³-hybridized carbons (Fsp3) is 0. The molecule has 43 heavy (non-hydrogen) atoms. The summed E-state index contributed by atoms with van der Waals surface area (Å²) in [6.45, 7) is 0. The Labute approximate surface area is 248 Å². The largest absolute Gasteiger partial charge is 0.309 e. The summed E-state index contributed by atoms with van der Waals surface area (Å²) in [6, 6.07) is 50.2. The van der Waals surface area contributed by atoms with Crippen molar-refractivity contribution in [3.05, 3.63) is 152 Å². The highest BCUT2D eigenvalue weighted by Crippen LogP contribution is 2.37. The minimum atomic E-state index is 0.940. The predicted octanol–water partition coefficient (Wildman–Crippen LogP) is 10.4. The first-order chi connectivity index (χ1) is 21.3. The lowest BCUT2D eigenvalue weighted by Gasteiger charge is -2.12. The maximum Gasteiger partial charge on any atom is 0.0971 e. The molecule has 0 aliphatic heterocycles. The number of hydrogen-bond donors (Lipinski definition) is 0. The van der Waals surface area contributed by atoms with Gasteiger partial charge in [0.15, 0.2) is 0 Å². The molecule has 9 rings (SSSR count). The molecule has 0 aliphatic carbocycles. The van der Waals surface area contributed by atoms with Gasteiger partial charge in [-0.15, -0.1) is 0 Å². The SMILES string of the molecule is c1cc(-c2ccc(-n3c4ccccc4c4ccccc43)cc2)cc(-c2ccc3c4ccccc4c4nccnc4c3c2)c1. The van der Waals surface area contributed by atoms with Crippen LogP contribution in [0.1, 0.15) is 0 Å². The molecule has 3 nitrogen and oxygen atoms in total. The van der Waals surface area contributed by atoms with E-state index in [0.29, 0.717) is 0 Å². The zero-order valence-electron chi connectivity index (χ0n) is 23.3. The minimum absolute atomic E-state index is 0.940. The summed E-state index contributed by atoms with van der Waals surface area (Å²) in [6.07, 6.45) is 3.56. The normalized spacial score (nSPS) is 11.7. The van der Waals surface area contributed by atoms with Crippen molar-refractivity contribution in [1.29, 1.82) is 0 Å². The number of rotatable bonds is 3. The molecule has 7 aromatic carbocycles. The number of para-hydroxylation sites is 2. The third kappa shape index (κ3) is 3.68. The standard InChI is InChI=1S/C40H25N3/c1-2-13-35-31(10-1)32-21-18-29(25-36(32)40-39(35)41-22-23-42-40)28-9-7-8-27(24-28)26-16-19-30(20-17-26)43-37-14-5-3-11-33(37)34-12-4-6-15-38(34)43/h1-25H. The van der Waals surface area contributed by atoms with Gasteiger partial charge in [-0.05, 0) is 69.4 Å². The quantitative estimate of drug-likeness (QED) is 0.206. The van der Waals surface area contributed by atoms with E-state index in [4.69, 9.17) is 9.97 Å². The molecule has 0 saturated heterocycles. The zero-order chi connectivity index (χ0) is 28.3. The Morgan fingerprint density at radius 1 is 0.349 bits per heavy atom. The van der Waals surface area contributed by atoms with Crippen molar-refractivity contribution in [2.24, 2.45) is 0 Å². The Hall–Kier alpha value is -5.80. The maximum atomic E-state index is 4.76. The number of fused-ring (bicyclic) bond motifs is 9. The number of hydrogen-bond acceptors (Lipinski definition) is 2. The second-order valence-electron chi connectivity index (χ2n) is 11.1. The van der Waals surface area contributed by atoms with Crippen molar-refractivity contribution in [2.45, 2.75) is 0 Å². The van der Waals surface area contributed by atoms with E-state index in [0.717, 1.165) is 27.5 Å². The van der Waals surface area contributed by atoms with Gasteiger partial charge in [-0.25, -0.2) is 0 Å². The first kappa shape index (κ1) is 23.9. The third-order valence-corrected chi connectivity index (χ3v) is 8.68. The number of aromatic nitrogens is 3. The van der Waals surface area contributed by atoms with E-state index in [9.17, 15) is 0 Å². The van der Waals surface area contributed by atoms with Gasteiger partial charge in [0, 0.05) is 39.6 Å². The molecule has 0 aliphatic rings. The molecule has 0 amide bonds. The lowest BCUT2D eigenvalue weighted by molar-refractivity contribution is 1.18. The van der Waals surface area contributed by atoms with Crippen molar-refractivity contribution in [3.8, 4) is 27.9 Å². The average Bonchev–Trinajstić information content (AvgIpc) is 3.43. The van der Waals surface area contributed by atoms with Gasteiger partial charge in [-0.3, -0.25) is 9.97 Å². The van der Waals surface area contributed by atoms with Crippen LogP contribution in [0.4, 0.5) is 0 Å². The first-order valence-electron chi connectivity index (χ1n) is 14.6. The molecule has 2 heterocycles. The van der Waals surface area contributed by atoms with Crippen LogP contribution < -0.4 is 0 Å². The monoisotopic (exact) mass is 547 g/mol. The topological polar surface area (TPSA) is 30.7 Å².